The molecule has 5 heteroatoms. The van der Waals surface area contributed by atoms with Gasteiger partial charge in [-0.1, -0.05) is 53.4 Å². The first-order valence-corrected chi connectivity index (χ1v) is 10.2. The minimum absolute atomic E-state index is 0.00261. The molecule has 0 spiro atoms. The summed E-state index contributed by atoms with van der Waals surface area (Å²) in [7, 11) is 0. The highest BCUT2D eigenvalue weighted by Crippen LogP contribution is 2.42. The molecular weight excluding hydrogens is 356 g/mol. The molecule has 0 fully saturated rings. The monoisotopic (exact) mass is 390 g/mol. The minimum atomic E-state index is -0.996. The van der Waals surface area contributed by atoms with Gasteiger partial charge in [0.1, 0.15) is 18.1 Å². The van der Waals surface area contributed by atoms with Crippen molar-refractivity contribution in [1.29, 1.82) is 0 Å². The van der Waals surface area contributed by atoms with E-state index in [0.29, 0.717) is 11.5 Å². The molecule has 0 aliphatic heterocycles. The van der Waals surface area contributed by atoms with E-state index in [2.05, 4.69) is 27.7 Å². The molecule has 2 aliphatic carbocycles. The smallest absolute Gasteiger partial charge is 0.341 e. The van der Waals surface area contributed by atoms with Crippen LogP contribution in [0.3, 0.4) is 0 Å². The number of carboxylic acids is 1. The first-order valence-electron chi connectivity index (χ1n) is 10.2. The molecule has 5 nitrogen and oxygen atoms in total. The molecule has 2 bridgehead atoms. The Balaban J connectivity index is 2.56. The summed E-state index contributed by atoms with van der Waals surface area (Å²) in [5.41, 5.74) is 1.80. The Kier molecular flexibility index (Phi) is 7.50. The molecule has 1 aromatic carbocycles. The molecule has 1 N–H and O–H groups in total. The Morgan fingerprint density at radius 1 is 1.04 bits per heavy atom. The van der Waals surface area contributed by atoms with Gasteiger partial charge < -0.3 is 14.6 Å². The average molecular weight is 391 g/mol. The van der Waals surface area contributed by atoms with Crippen molar-refractivity contribution in [2.24, 2.45) is 5.41 Å². The van der Waals surface area contributed by atoms with Crippen LogP contribution in [0.15, 0.2) is 12.1 Å². The number of hydrogen-bond donors (Lipinski definition) is 1. The molecule has 0 heterocycles. The lowest BCUT2D eigenvalue weighted by molar-refractivity contribution is -0.139. The third-order valence-electron chi connectivity index (χ3n) is 5.62. The Hall–Kier alpha value is -2.04. The predicted molar refractivity (Wildman–Crippen MR) is 109 cm³/mol. The number of aldehydes is 1. The van der Waals surface area contributed by atoms with Crippen LogP contribution in [0.5, 0.6) is 11.5 Å². The van der Waals surface area contributed by atoms with Gasteiger partial charge >= 0.3 is 5.97 Å². The van der Waals surface area contributed by atoms with Crippen molar-refractivity contribution in [2.75, 3.05) is 13.2 Å². The average Bonchev–Trinajstić information content (AvgIpc) is 2.61. The third kappa shape index (κ3) is 6.25. The van der Waals surface area contributed by atoms with E-state index in [9.17, 15) is 9.59 Å². The molecule has 0 saturated heterocycles. The summed E-state index contributed by atoms with van der Waals surface area (Å²) >= 11 is 0. The number of aliphatic carboxylic acids is 1. The van der Waals surface area contributed by atoms with Crippen LogP contribution in [0.2, 0.25) is 0 Å². The second-order valence-electron chi connectivity index (χ2n) is 9.26. The number of carbonyl (C=O) groups is 2. The van der Waals surface area contributed by atoms with Gasteiger partial charge in [0, 0.05) is 5.56 Å². The van der Waals surface area contributed by atoms with Crippen molar-refractivity contribution in [2.45, 2.75) is 78.1 Å². The molecule has 0 atom stereocenters. The highest BCUT2D eigenvalue weighted by molar-refractivity contribution is 5.68. The van der Waals surface area contributed by atoms with Crippen LogP contribution in [-0.4, -0.2) is 30.6 Å². The first kappa shape index (κ1) is 22.3. The normalized spacial score (nSPS) is 19.0. The second-order valence-corrected chi connectivity index (χ2v) is 9.26. The molecule has 0 aromatic heterocycles. The van der Waals surface area contributed by atoms with Crippen LogP contribution in [0.4, 0.5) is 0 Å². The van der Waals surface area contributed by atoms with E-state index in [-0.39, 0.29) is 24.0 Å². The van der Waals surface area contributed by atoms with Gasteiger partial charge in [-0.3, -0.25) is 4.79 Å². The standard InChI is InChI=1S/C23H34O5/c1-22(2)9-7-5-6-8-10-23(3,4)18-14-19(27-12-11-24)17(15-22)13-20(18)28-16-21(25)26/h11,13-14H,5-10,12,15-16H2,1-4H3,(H,25,26). The molecule has 28 heavy (non-hydrogen) atoms. The summed E-state index contributed by atoms with van der Waals surface area (Å²) in [5.74, 6) is 0.311. The molecule has 2 aliphatic rings. The molecule has 0 unspecified atom stereocenters. The van der Waals surface area contributed by atoms with Crippen molar-refractivity contribution in [3.8, 4) is 11.5 Å². The largest absolute Gasteiger partial charge is 0.486 e. The topological polar surface area (TPSA) is 72.8 Å². The lowest BCUT2D eigenvalue weighted by Gasteiger charge is -2.30. The second kappa shape index (κ2) is 9.44. The summed E-state index contributed by atoms with van der Waals surface area (Å²) < 4.78 is 11.5. The zero-order valence-corrected chi connectivity index (χ0v) is 17.7. The van der Waals surface area contributed by atoms with Crippen LogP contribution >= 0.6 is 0 Å². The van der Waals surface area contributed by atoms with E-state index in [4.69, 9.17) is 14.6 Å². The van der Waals surface area contributed by atoms with Gasteiger partial charge in [0.2, 0.25) is 0 Å². The highest BCUT2D eigenvalue weighted by atomic mass is 16.5. The summed E-state index contributed by atoms with van der Waals surface area (Å²) in [6.45, 7) is 8.42. The number of carboxylic acid groups (broad SMARTS) is 1. The van der Waals surface area contributed by atoms with Crippen molar-refractivity contribution in [3.05, 3.63) is 23.3 Å². The maximum absolute atomic E-state index is 11.1. The van der Waals surface area contributed by atoms with Gasteiger partial charge in [-0.25, -0.2) is 4.79 Å². The summed E-state index contributed by atoms with van der Waals surface area (Å²) in [6.07, 6.45) is 8.34. The van der Waals surface area contributed by atoms with E-state index in [1.807, 2.05) is 12.1 Å². The Bertz CT molecular complexity index is 690. The van der Waals surface area contributed by atoms with Gasteiger partial charge in [0.15, 0.2) is 12.9 Å². The molecule has 156 valence electrons. The number of benzene rings is 1. The SMILES string of the molecule is CC1(C)CCCCCCC(C)(C)c2cc(OCC=O)c(cc2OCC(=O)O)C1. The third-order valence-corrected chi connectivity index (χ3v) is 5.62. The van der Waals surface area contributed by atoms with Gasteiger partial charge in [-0.2, -0.15) is 0 Å². The maximum Gasteiger partial charge on any atom is 0.341 e. The Labute approximate surface area is 168 Å². The van der Waals surface area contributed by atoms with Gasteiger partial charge in [0.25, 0.3) is 0 Å². The van der Waals surface area contributed by atoms with Crippen LogP contribution in [-0.2, 0) is 21.4 Å². The fourth-order valence-electron chi connectivity index (χ4n) is 4.05. The zero-order valence-electron chi connectivity index (χ0n) is 17.7. The fourth-order valence-corrected chi connectivity index (χ4v) is 4.05. The van der Waals surface area contributed by atoms with E-state index < -0.39 is 5.97 Å². The van der Waals surface area contributed by atoms with Crippen molar-refractivity contribution in [3.63, 3.8) is 0 Å². The Morgan fingerprint density at radius 3 is 2.36 bits per heavy atom. The predicted octanol–water partition coefficient (Wildman–Crippen LogP) is 4.93. The summed E-state index contributed by atoms with van der Waals surface area (Å²) in [6, 6.07) is 3.89. The molecular formula is C23H34O5. The van der Waals surface area contributed by atoms with E-state index in [1.165, 1.54) is 19.3 Å². The lowest BCUT2D eigenvalue weighted by Crippen LogP contribution is -2.21. The van der Waals surface area contributed by atoms with Crippen molar-refractivity contribution >= 4 is 12.3 Å². The fraction of sp³-hybridized carbons (Fsp3) is 0.652. The van der Waals surface area contributed by atoms with Crippen LogP contribution in [0.1, 0.15) is 77.3 Å². The van der Waals surface area contributed by atoms with Crippen LogP contribution in [0.25, 0.3) is 0 Å². The van der Waals surface area contributed by atoms with E-state index in [0.717, 1.165) is 43.1 Å². The van der Waals surface area contributed by atoms with E-state index in [1.54, 1.807) is 0 Å². The van der Waals surface area contributed by atoms with Crippen LogP contribution < -0.4 is 9.47 Å². The number of rotatable bonds is 6. The van der Waals surface area contributed by atoms with Gasteiger partial charge in [0.05, 0.1) is 0 Å². The molecule has 0 radical (unpaired) electrons. The zero-order chi connectivity index (χ0) is 20.8. The molecule has 0 amide bonds. The first-order chi connectivity index (χ1) is 13.1. The van der Waals surface area contributed by atoms with Crippen LogP contribution in [0, 0.1) is 5.41 Å². The number of fused-ring (bicyclic) bond motifs is 10. The molecule has 3 rings (SSSR count). The Morgan fingerprint density at radius 2 is 1.71 bits per heavy atom. The minimum Gasteiger partial charge on any atom is -0.486 e. The molecule has 1 aromatic rings. The summed E-state index contributed by atoms with van der Waals surface area (Å²) in [4.78, 5) is 22.0. The number of carbonyl (C=O) groups excluding carboxylic acids is 1. The van der Waals surface area contributed by atoms with Gasteiger partial charge in [-0.15, -0.1) is 0 Å². The number of ether oxygens (including phenoxy) is 2. The maximum atomic E-state index is 11.1. The van der Waals surface area contributed by atoms with Crippen molar-refractivity contribution < 1.29 is 24.2 Å². The van der Waals surface area contributed by atoms with Crippen molar-refractivity contribution in [1.82, 2.24) is 0 Å². The highest BCUT2D eigenvalue weighted by Gasteiger charge is 2.29. The lowest BCUT2D eigenvalue weighted by atomic mass is 9.78. The summed E-state index contributed by atoms with van der Waals surface area (Å²) in [5, 5.41) is 9.09. The van der Waals surface area contributed by atoms with E-state index >= 15 is 0 Å². The number of hydrogen-bond acceptors (Lipinski definition) is 4. The van der Waals surface area contributed by atoms with Gasteiger partial charge in [-0.05, 0) is 47.8 Å². The quantitative estimate of drug-likeness (QED) is 0.697. The molecule has 0 saturated carbocycles.